The molecule has 0 bridgehead atoms. The van der Waals surface area contributed by atoms with Crippen molar-refractivity contribution >= 4 is 5.97 Å². The molecule has 1 fully saturated rings. The van der Waals surface area contributed by atoms with Gasteiger partial charge < -0.3 is 9.84 Å². The molecule has 2 aliphatic carbocycles. The highest BCUT2D eigenvalue weighted by atomic mass is 16.5. The second-order valence-electron chi connectivity index (χ2n) is 7.58. The summed E-state index contributed by atoms with van der Waals surface area (Å²) in [5.74, 6) is 3.15. The summed E-state index contributed by atoms with van der Waals surface area (Å²) >= 11 is 0. The monoisotopic (exact) mass is 308 g/mol. The Morgan fingerprint density at radius 1 is 1.45 bits per heavy atom. The number of allylic oxidation sites excluding steroid dienone is 1. The van der Waals surface area contributed by atoms with Gasteiger partial charge >= 0.3 is 5.97 Å². The molecule has 0 amide bonds. The van der Waals surface area contributed by atoms with Gasteiger partial charge in [-0.2, -0.15) is 0 Å². The van der Waals surface area contributed by atoms with E-state index in [0.717, 1.165) is 24.8 Å². The molecule has 0 unspecified atom stereocenters. The first-order valence-electron chi connectivity index (χ1n) is 8.90. The van der Waals surface area contributed by atoms with Crippen molar-refractivity contribution in [3.05, 3.63) is 11.6 Å². The topological polar surface area (TPSA) is 46.5 Å². The van der Waals surface area contributed by atoms with Crippen LogP contribution in [0.25, 0.3) is 0 Å². The fourth-order valence-electron chi connectivity index (χ4n) is 4.55. The normalized spacial score (nSPS) is 36.2. The van der Waals surface area contributed by atoms with Crippen molar-refractivity contribution in [1.29, 1.82) is 0 Å². The highest BCUT2D eigenvalue weighted by Crippen LogP contribution is 2.48. The maximum atomic E-state index is 10.8. The number of carbonyl (C=O) groups excluding carboxylic acids is 1. The third-order valence-corrected chi connectivity index (χ3v) is 5.99. The third-order valence-electron chi connectivity index (χ3n) is 5.99. The van der Waals surface area contributed by atoms with Gasteiger partial charge in [-0.05, 0) is 67.8 Å². The zero-order valence-corrected chi connectivity index (χ0v) is 14.5. The van der Waals surface area contributed by atoms with E-state index in [2.05, 4.69) is 26.8 Å². The average Bonchev–Trinajstić information content (AvgIpc) is 2.45. The number of rotatable bonds is 5. The molecule has 0 aliphatic heterocycles. The summed E-state index contributed by atoms with van der Waals surface area (Å²) in [7, 11) is 0. The molecule has 0 aromatic heterocycles. The molecule has 0 radical (unpaired) electrons. The summed E-state index contributed by atoms with van der Waals surface area (Å²) in [6.45, 7) is 8.78. The average molecular weight is 308 g/mol. The molecule has 6 atom stereocenters. The number of ether oxygens (including phenoxy) is 1. The van der Waals surface area contributed by atoms with E-state index < -0.39 is 0 Å². The van der Waals surface area contributed by atoms with Crippen molar-refractivity contribution in [3.63, 3.8) is 0 Å². The minimum atomic E-state index is -0.235. The van der Waals surface area contributed by atoms with Gasteiger partial charge in [-0.1, -0.05) is 26.3 Å². The highest BCUT2D eigenvalue weighted by molar-refractivity contribution is 5.65. The van der Waals surface area contributed by atoms with E-state index in [4.69, 9.17) is 4.74 Å². The number of esters is 1. The zero-order valence-electron chi connectivity index (χ0n) is 14.5. The maximum absolute atomic E-state index is 10.8. The number of aliphatic hydroxyl groups is 1. The van der Waals surface area contributed by atoms with Gasteiger partial charge in [0.05, 0.1) is 12.7 Å². The molecule has 0 aromatic carbocycles. The minimum Gasteiger partial charge on any atom is -0.466 e. The van der Waals surface area contributed by atoms with Crippen molar-refractivity contribution < 1.29 is 14.6 Å². The molecule has 0 aromatic rings. The molecular weight excluding hydrogens is 276 g/mol. The number of hydrogen-bond donors (Lipinski definition) is 1. The molecule has 1 saturated carbocycles. The van der Waals surface area contributed by atoms with E-state index >= 15 is 0 Å². The number of aliphatic hydroxyl groups excluding tert-OH is 1. The van der Waals surface area contributed by atoms with Crippen LogP contribution in [-0.4, -0.2) is 23.8 Å². The Kier molecular flexibility index (Phi) is 6.08. The van der Waals surface area contributed by atoms with E-state index in [0.29, 0.717) is 36.2 Å². The van der Waals surface area contributed by atoms with E-state index in [1.54, 1.807) is 0 Å². The highest BCUT2D eigenvalue weighted by Gasteiger charge is 2.41. The van der Waals surface area contributed by atoms with Crippen LogP contribution in [0.1, 0.15) is 59.8 Å². The summed E-state index contributed by atoms with van der Waals surface area (Å²) in [6.07, 6.45) is 7.70. The Hall–Kier alpha value is -0.830. The first-order chi connectivity index (χ1) is 10.4. The SMILES string of the molecule is CC(=O)OCCC[C@H](C)[C@@H]1CC[C@@H](C)[C@@H]2C[C@@H](O)C(C)=C[C@@H]21. The van der Waals surface area contributed by atoms with Gasteiger partial charge in [0.2, 0.25) is 0 Å². The van der Waals surface area contributed by atoms with Crippen LogP contribution in [0.15, 0.2) is 11.6 Å². The second kappa shape index (κ2) is 7.63. The van der Waals surface area contributed by atoms with Crippen LogP contribution in [0, 0.1) is 29.6 Å². The molecule has 0 spiro atoms. The largest absolute Gasteiger partial charge is 0.466 e. The Morgan fingerprint density at radius 2 is 2.18 bits per heavy atom. The van der Waals surface area contributed by atoms with Crippen LogP contribution in [0.5, 0.6) is 0 Å². The van der Waals surface area contributed by atoms with Crippen LogP contribution in [-0.2, 0) is 9.53 Å². The van der Waals surface area contributed by atoms with Gasteiger partial charge in [-0.25, -0.2) is 0 Å². The second-order valence-corrected chi connectivity index (χ2v) is 7.58. The predicted molar refractivity (Wildman–Crippen MR) is 88.3 cm³/mol. The van der Waals surface area contributed by atoms with Gasteiger partial charge in [-0.3, -0.25) is 4.79 Å². The lowest BCUT2D eigenvalue weighted by Crippen LogP contribution is -2.40. The van der Waals surface area contributed by atoms with Gasteiger partial charge in [0.1, 0.15) is 0 Å². The van der Waals surface area contributed by atoms with Crippen molar-refractivity contribution in [2.24, 2.45) is 29.6 Å². The zero-order chi connectivity index (χ0) is 16.3. The van der Waals surface area contributed by atoms with Crippen molar-refractivity contribution in [2.45, 2.75) is 65.9 Å². The predicted octanol–water partition coefficient (Wildman–Crippen LogP) is 3.96. The first-order valence-corrected chi connectivity index (χ1v) is 8.90. The summed E-state index contributed by atoms with van der Waals surface area (Å²) in [4.78, 5) is 10.8. The number of hydrogen-bond acceptors (Lipinski definition) is 3. The molecule has 3 nitrogen and oxygen atoms in total. The van der Waals surface area contributed by atoms with Crippen LogP contribution in [0.3, 0.4) is 0 Å². The lowest BCUT2D eigenvalue weighted by atomic mass is 9.59. The maximum Gasteiger partial charge on any atom is 0.302 e. The fraction of sp³-hybridized carbons (Fsp3) is 0.842. The minimum absolute atomic E-state index is 0.181. The Labute approximate surface area is 135 Å². The van der Waals surface area contributed by atoms with Gasteiger partial charge in [0, 0.05) is 6.92 Å². The summed E-state index contributed by atoms with van der Waals surface area (Å²) in [5.41, 5.74) is 1.16. The molecule has 22 heavy (non-hydrogen) atoms. The lowest BCUT2D eigenvalue weighted by molar-refractivity contribution is -0.141. The molecule has 2 aliphatic rings. The number of carbonyl (C=O) groups is 1. The fourth-order valence-corrected chi connectivity index (χ4v) is 4.55. The first kappa shape index (κ1) is 17.5. The molecular formula is C19H32O3. The van der Waals surface area contributed by atoms with Crippen LogP contribution in [0.4, 0.5) is 0 Å². The van der Waals surface area contributed by atoms with Gasteiger partial charge in [0.15, 0.2) is 0 Å². The van der Waals surface area contributed by atoms with Crippen molar-refractivity contribution in [3.8, 4) is 0 Å². The molecule has 2 rings (SSSR count). The van der Waals surface area contributed by atoms with Crippen molar-refractivity contribution in [1.82, 2.24) is 0 Å². The summed E-state index contributed by atoms with van der Waals surface area (Å²) < 4.78 is 5.05. The van der Waals surface area contributed by atoms with Gasteiger partial charge in [-0.15, -0.1) is 0 Å². The summed E-state index contributed by atoms with van der Waals surface area (Å²) in [6, 6.07) is 0. The van der Waals surface area contributed by atoms with E-state index in [9.17, 15) is 9.90 Å². The Bertz CT molecular complexity index is 415. The van der Waals surface area contributed by atoms with E-state index in [1.807, 2.05) is 0 Å². The van der Waals surface area contributed by atoms with Crippen LogP contribution >= 0.6 is 0 Å². The molecule has 0 saturated heterocycles. The molecule has 126 valence electrons. The van der Waals surface area contributed by atoms with Gasteiger partial charge in [0.25, 0.3) is 0 Å². The van der Waals surface area contributed by atoms with Crippen LogP contribution in [0.2, 0.25) is 0 Å². The summed E-state index contributed by atoms with van der Waals surface area (Å²) in [5, 5.41) is 10.2. The molecule has 3 heteroatoms. The molecule has 1 N–H and O–H groups in total. The standard InChI is InChI=1S/C19H32O3/c1-12(6-5-9-22-15(4)20)16-8-7-13(2)17-11-19(21)14(3)10-18(16)17/h10,12-13,16-19,21H,5-9,11H2,1-4H3/t12-,13+,16-,17-,18+,19+/m0/s1. The molecule has 0 heterocycles. The Morgan fingerprint density at radius 3 is 2.86 bits per heavy atom. The van der Waals surface area contributed by atoms with E-state index in [-0.39, 0.29) is 12.1 Å². The van der Waals surface area contributed by atoms with Crippen molar-refractivity contribution in [2.75, 3.05) is 6.61 Å². The van der Waals surface area contributed by atoms with Crippen LogP contribution < -0.4 is 0 Å². The van der Waals surface area contributed by atoms with E-state index in [1.165, 1.54) is 19.8 Å². The lowest BCUT2D eigenvalue weighted by Gasteiger charge is -2.47. The quantitative estimate of drug-likeness (QED) is 0.475. The third kappa shape index (κ3) is 4.13. The Balaban J connectivity index is 1.96. The number of fused-ring (bicyclic) bond motifs is 1. The smallest absolute Gasteiger partial charge is 0.302 e.